The summed E-state index contributed by atoms with van der Waals surface area (Å²) in [5, 5.41) is 11.9. The van der Waals surface area contributed by atoms with Crippen LogP contribution in [0.4, 0.5) is 0 Å². The molecule has 0 aliphatic carbocycles. The van der Waals surface area contributed by atoms with E-state index in [1.165, 1.54) is 19.1 Å². The topological polar surface area (TPSA) is 83.5 Å². The highest BCUT2D eigenvalue weighted by atomic mass is 35.5. The number of rotatable bonds is 7. The van der Waals surface area contributed by atoms with E-state index in [1.807, 2.05) is 0 Å². The Morgan fingerprint density at radius 3 is 2.52 bits per heavy atom. The van der Waals surface area contributed by atoms with Crippen LogP contribution in [0.2, 0.25) is 10.0 Å². The lowest BCUT2D eigenvalue weighted by atomic mass is 10.1. The number of Topliss-reactive ketones (excluding diaryl/α,β-unsaturated/α-hetero) is 1. The second-order valence-corrected chi connectivity index (χ2v) is 6.03. The zero-order valence-electron chi connectivity index (χ0n) is 11.1. The van der Waals surface area contributed by atoms with Gasteiger partial charge in [0.05, 0.1) is 10.8 Å². The Kier molecular flexibility index (Phi) is 7.01. The smallest absolute Gasteiger partial charge is 0.327 e. The zero-order chi connectivity index (χ0) is 16.0. The number of hydrogen-bond acceptors (Lipinski definition) is 4. The lowest BCUT2D eigenvalue weighted by Gasteiger charge is -2.12. The minimum Gasteiger partial charge on any atom is -0.480 e. The molecule has 0 heterocycles. The third kappa shape index (κ3) is 5.95. The standard InChI is InChI=1S/C13H13Cl2NO4S/c1-7(17)16-11(13(19)20)5-21-6-12(18)9-3-2-8(14)4-10(9)15/h2-4,11H,5-6H2,1H3,(H,16,17)(H,19,20). The molecule has 5 nitrogen and oxygen atoms in total. The number of benzene rings is 1. The number of ketones is 1. The third-order valence-corrected chi connectivity index (χ3v) is 4.01. The molecular weight excluding hydrogens is 337 g/mol. The van der Waals surface area contributed by atoms with Gasteiger partial charge in [0.15, 0.2) is 5.78 Å². The van der Waals surface area contributed by atoms with E-state index < -0.39 is 17.9 Å². The molecule has 0 spiro atoms. The van der Waals surface area contributed by atoms with E-state index in [-0.39, 0.29) is 22.3 Å². The number of carbonyl (C=O) groups is 3. The first kappa shape index (κ1) is 17.8. The van der Waals surface area contributed by atoms with E-state index in [0.29, 0.717) is 10.6 Å². The van der Waals surface area contributed by atoms with Crippen LogP contribution in [0.25, 0.3) is 0 Å². The molecular formula is C13H13Cl2NO4S. The second kappa shape index (κ2) is 8.26. The maximum atomic E-state index is 12.0. The number of nitrogens with one attached hydrogen (secondary N) is 1. The Labute approximate surface area is 136 Å². The van der Waals surface area contributed by atoms with Crippen LogP contribution >= 0.6 is 35.0 Å². The quantitative estimate of drug-likeness (QED) is 0.739. The SMILES string of the molecule is CC(=O)NC(CSCC(=O)c1ccc(Cl)cc1Cl)C(=O)O. The van der Waals surface area contributed by atoms with E-state index in [0.717, 1.165) is 11.8 Å². The molecule has 0 radical (unpaired) electrons. The van der Waals surface area contributed by atoms with Gasteiger partial charge in [0.2, 0.25) is 5.91 Å². The summed E-state index contributed by atoms with van der Waals surface area (Å²) >= 11 is 12.8. The van der Waals surface area contributed by atoms with Gasteiger partial charge >= 0.3 is 5.97 Å². The Hall–Kier alpha value is -1.24. The highest BCUT2D eigenvalue weighted by Crippen LogP contribution is 2.22. The normalized spacial score (nSPS) is 11.8. The zero-order valence-corrected chi connectivity index (χ0v) is 13.4. The fraction of sp³-hybridized carbons (Fsp3) is 0.308. The molecule has 0 saturated heterocycles. The van der Waals surface area contributed by atoms with Crippen LogP contribution < -0.4 is 5.32 Å². The number of halogens is 2. The molecule has 8 heteroatoms. The largest absolute Gasteiger partial charge is 0.480 e. The van der Waals surface area contributed by atoms with Crippen molar-refractivity contribution in [3.05, 3.63) is 33.8 Å². The Morgan fingerprint density at radius 1 is 1.33 bits per heavy atom. The van der Waals surface area contributed by atoms with Gasteiger partial charge in [-0.15, -0.1) is 0 Å². The molecule has 2 N–H and O–H groups in total. The minimum atomic E-state index is -1.14. The van der Waals surface area contributed by atoms with E-state index in [1.54, 1.807) is 6.07 Å². The third-order valence-electron chi connectivity index (χ3n) is 2.42. The molecule has 1 rings (SSSR count). The van der Waals surface area contributed by atoms with Crippen molar-refractivity contribution in [2.45, 2.75) is 13.0 Å². The summed E-state index contributed by atoms with van der Waals surface area (Å²) in [5.41, 5.74) is 0.333. The summed E-state index contributed by atoms with van der Waals surface area (Å²) in [6, 6.07) is 3.53. The lowest BCUT2D eigenvalue weighted by Crippen LogP contribution is -2.41. The summed E-state index contributed by atoms with van der Waals surface area (Å²) in [5.74, 6) is -1.66. The fourth-order valence-corrected chi connectivity index (χ4v) is 2.92. The van der Waals surface area contributed by atoms with Crippen LogP contribution in [0.1, 0.15) is 17.3 Å². The van der Waals surface area contributed by atoms with Crippen LogP contribution in [0.3, 0.4) is 0 Å². The van der Waals surface area contributed by atoms with Crippen molar-refractivity contribution >= 4 is 52.6 Å². The van der Waals surface area contributed by atoms with Crippen LogP contribution in [-0.4, -0.2) is 40.3 Å². The number of aliphatic carboxylic acids is 1. The monoisotopic (exact) mass is 349 g/mol. The number of carbonyl (C=O) groups excluding carboxylic acids is 2. The van der Waals surface area contributed by atoms with Gasteiger partial charge in [-0.25, -0.2) is 4.79 Å². The highest BCUT2D eigenvalue weighted by Gasteiger charge is 2.19. The Balaban J connectivity index is 2.56. The number of thioether (sulfide) groups is 1. The first-order valence-electron chi connectivity index (χ1n) is 5.87. The molecule has 0 fully saturated rings. The van der Waals surface area contributed by atoms with Crippen LogP contribution in [-0.2, 0) is 9.59 Å². The molecule has 0 aliphatic rings. The van der Waals surface area contributed by atoms with Crippen LogP contribution in [0, 0.1) is 0 Å². The van der Waals surface area contributed by atoms with E-state index in [2.05, 4.69) is 5.32 Å². The predicted molar refractivity (Wildman–Crippen MR) is 83.4 cm³/mol. The highest BCUT2D eigenvalue weighted by molar-refractivity contribution is 8.00. The van der Waals surface area contributed by atoms with Crippen molar-refractivity contribution in [2.24, 2.45) is 0 Å². The van der Waals surface area contributed by atoms with Crippen molar-refractivity contribution in [2.75, 3.05) is 11.5 Å². The first-order chi connectivity index (χ1) is 9.81. The van der Waals surface area contributed by atoms with Crippen molar-refractivity contribution < 1.29 is 19.5 Å². The van der Waals surface area contributed by atoms with Gasteiger partial charge in [0.1, 0.15) is 6.04 Å². The van der Waals surface area contributed by atoms with Crippen molar-refractivity contribution in [1.29, 1.82) is 0 Å². The van der Waals surface area contributed by atoms with E-state index in [4.69, 9.17) is 28.3 Å². The number of hydrogen-bond donors (Lipinski definition) is 2. The van der Waals surface area contributed by atoms with Crippen LogP contribution in [0.15, 0.2) is 18.2 Å². The molecule has 1 aromatic rings. The van der Waals surface area contributed by atoms with Crippen molar-refractivity contribution in [3.63, 3.8) is 0 Å². The average Bonchev–Trinajstić information content (AvgIpc) is 2.36. The summed E-state index contributed by atoms with van der Waals surface area (Å²) < 4.78 is 0. The summed E-state index contributed by atoms with van der Waals surface area (Å²) in [6.45, 7) is 1.24. The number of carboxylic acids is 1. The average molecular weight is 350 g/mol. The molecule has 1 unspecified atom stereocenters. The van der Waals surface area contributed by atoms with E-state index >= 15 is 0 Å². The Morgan fingerprint density at radius 2 is 2.00 bits per heavy atom. The Bertz CT molecular complexity index is 565. The van der Waals surface area contributed by atoms with Gasteiger partial charge in [0, 0.05) is 23.3 Å². The maximum absolute atomic E-state index is 12.0. The second-order valence-electron chi connectivity index (χ2n) is 4.15. The summed E-state index contributed by atoms with van der Waals surface area (Å²) in [7, 11) is 0. The molecule has 0 aromatic heterocycles. The van der Waals surface area contributed by atoms with Gasteiger partial charge in [0.25, 0.3) is 0 Å². The van der Waals surface area contributed by atoms with Gasteiger partial charge in [-0.3, -0.25) is 9.59 Å². The molecule has 0 bridgehead atoms. The summed E-state index contributed by atoms with van der Waals surface area (Å²) in [4.78, 5) is 33.8. The minimum absolute atomic E-state index is 0.0602. The molecule has 114 valence electrons. The fourth-order valence-electron chi connectivity index (χ4n) is 1.48. The molecule has 1 atom stereocenters. The number of amides is 1. The number of carboxylic acid groups (broad SMARTS) is 1. The molecule has 21 heavy (non-hydrogen) atoms. The van der Waals surface area contributed by atoms with Gasteiger partial charge in [-0.05, 0) is 18.2 Å². The molecule has 0 aliphatic heterocycles. The lowest BCUT2D eigenvalue weighted by molar-refractivity contribution is -0.140. The summed E-state index contributed by atoms with van der Waals surface area (Å²) in [6.07, 6.45) is 0. The first-order valence-corrected chi connectivity index (χ1v) is 7.78. The molecule has 1 aromatic carbocycles. The predicted octanol–water partition coefficient (Wildman–Crippen LogP) is 2.50. The van der Waals surface area contributed by atoms with Crippen molar-refractivity contribution in [1.82, 2.24) is 5.32 Å². The van der Waals surface area contributed by atoms with Crippen LogP contribution in [0.5, 0.6) is 0 Å². The molecule has 0 saturated carbocycles. The van der Waals surface area contributed by atoms with Gasteiger partial charge in [-0.1, -0.05) is 23.2 Å². The van der Waals surface area contributed by atoms with E-state index in [9.17, 15) is 14.4 Å². The maximum Gasteiger partial charge on any atom is 0.327 e. The molecule has 1 amide bonds. The van der Waals surface area contributed by atoms with Gasteiger partial charge < -0.3 is 10.4 Å². The van der Waals surface area contributed by atoms with Crippen molar-refractivity contribution in [3.8, 4) is 0 Å². The van der Waals surface area contributed by atoms with Gasteiger partial charge in [-0.2, -0.15) is 11.8 Å².